The van der Waals surface area contributed by atoms with Gasteiger partial charge in [0.25, 0.3) is 0 Å². The van der Waals surface area contributed by atoms with Gasteiger partial charge >= 0.3 is 11.8 Å². The molecule has 0 aliphatic heterocycles. The Hall–Kier alpha value is -3.40. The molecule has 0 radical (unpaired) electrons. The molecule has 2 amide bonds. The second kappa shape index (κ2) is 6.85. The quantitative estimate of drug-likeness (QED) is 0.509. The van der Waals surface area contributed by atoms with E-state index in [1.54, 1.807) is 19.1 Å². The van der Waals surface area contributed by atoms with Gasteiger partial charge in [-0.1, -0.05) is 0 Å². The summed E-state index contributed by atoms with van der Waals surface area (Å²) < 4.78 is 5.22. The fourth-order valence-corrected chi connectivity index (χ4v) is 1.54. The van der Waals surface area contributed by atoms with Crippen molar-refractivity contribution in [1.82, 2.24) is 5.43 Å². The first-order valence-electron chi connectivity index (χ1n) is 6.29. The molecule has 0 aliphatic rings. The van der Waals surface area contributed by atoms with Crippen molar-refractivity contribution < 1.29 is 14.0 Å². The summed E-state index contributed by atoms with van der Waals surface area (Å²) >= 11 is 0. The zero-order valence-electron chi connectivity index (χ0n) is 11.7. The highest BCUT2D eigenvalue weighted by atomic mass is 16.3. The fourth-order valence-electron chi connectivity index (χ4n) is 1.54. The SMILES string of the molecule is Cc1ccc(/C=N/NC(=O)C(=O)Nc2ccc(C#N)cc2)o1. The van der Waals surface area contributed by atoms with Crippen molar-refractivity contribution in [2.45, 2.75) is 6.92 Å². The number of hydrogen-bond donors (Lipinski definition) is 2. The minimum atomic E-state index is -0.913. The maximum Gasteiger partial charge on any atom is 0.329 e. The monoisotopic (exact) mass is 296 g/mol. The highest BCUT2D eigenvalue weighted by Crippen LogP contribution is 2.08. The lowest BCUT2D eigenvalue weighted by atomic mass is 10.2. The third-order valence-corrected chi connectivity index (χ3v) is 2.60. The number of hydrogen-bond acceptors (Lipinski definition) is 5. The van der Waals surface area contributed by atoms with Crippen molar-refractivity contribution >= 4 is 23.7 Å². The van der Waals surface area contributed by atoms with Crippen LogP contribution in [0.4, 0.5) is 5.69 Å². The fraction of sp³-hybridized carbons (Fsp3) is 0.0667. The van der Waals surface area contributed by atoms with Crippen molar-refractivity contribution in [3.63, 3.8) is 0 Å². The van der Waals surface area contributed by atoms with Gasteiger partial charge in [-0.05, 0) is 43.3 Å². The predicted octanol–water partition coefficient (Wildman–Crippen LogP) is 1.55. The average Bonchev–Trinajstić information content (AvgIpc) is 2.93. The van der Waals surface area contributed by atoms with Crippen LogP contribution in [0.3, 0.4) is 0 Å². The Labute approximate surface area is 126 Å². The van der Waals surface area contributed by atoms with Crippen molar-refractivity contribution in [2.24, 2.45) is 5.10 Å². The summed E-state index contributed by atoms with van der Waals surface area (Å²) in [6, 6.07) is 11.5. The molecule has 0 aliphatic carbocycles. The summed E-state index contributed by atoms with van der Waals surface area (Å²) in [5.74, 6) is -0.599. The molecule has 1 aromatic carbocycles. The Bertz CT molecular complexity index is 754. The lowest BCUT2D eigenvalue weighted by Crippen LogP contribution is -2.32. The van der Waals surface area contributed by atoms with E-state index >= 15 is 0 Å². The van der Waals surface area contributed by atoms with Crippen LogP contribution >= 0.6 is 0 Å². The van der Waals surface area contributed by atoms with E-state index in [0.717, 1.165) is 0 Å². The molecule has 0 spiro atoms. The highest BCUT2D eigenvalue weighted by Gasteiger charge is 2.12. The lowest BCUT2D eigenvalue weighted by molar-refractivity contribution is -0.136. The molecule has 22 heavy (non-hydrogen) atoms. The third kappa shape index (κ3) is 4.05. The van der Waals surface area contributed by atoms with Crippen LogP contribution in [0.1, 0.15) is 17.1 Å². The Morgan fingerprint density at radius 3 is 2.50 bits per heavy atom. The molecule has 0 saturated heterocycles. The molecule has 110 valence electrons. The summed E-state index contributed by atoms with van der Waals surface area (Å²) in [5, 5.41) is 14.7. The van der Waals surface area contributed by atoms with E-state index in [2.05, 4.69) is 15.8 Å². The number of rotatable bonds is 3. The van der Waals surface area contributed by atoms with Gasteiger partial charge in [0.1, 0.15) is 11.5 Å². The second-order valence-electron chi connectivity index (χ2n) is 4.29. The maximum absolute atomic E-state index is 11.6. The number of hydrazone groups is 1. The second-order valence-corrected chi connectivity index (χ2v) is 4.29. The van der Waals surface area contributed by atoms with E-state index in [0.29, 0.717) is 22.8 Å². The van der Waals surface area contributed by atoms with Crippen molar-refractivity contribution in [3.8, 4) is 6.07 Å². The maximum atomic E-state index is 11.6. The van der Waals surface area contributed by atoms with Gasteiger partial charge in [-0.3, -0.25) is 9.59 Å². The Morgan fingerprint density at radius 1 is 1.18 bits per heavy atom. The molecule has 0 unspecified atom stereocenters. The summed E-state index contributed by atoms with van der Waals surface area (Å²) in [5.41, 5.74) is 2.96. The molecular weight excluding hydrogens is 284 g/mol. The third-order valence-electron chi connectivity index (χ3n) is 2.60. The largest absolute Gasteiger partial charge is 0.460 e. The van der Waals surface area contributed by atoms with E-state index < -0.39 is 11.8 Å². The topological polar surface area (TPSA) is 107 Å². The van der Waals surface area contributed by atoms with Gasteiger partial charge in [0.15, 0.2) is 0 Å². The van der Waals surface area contributed by atoms with Crippen molar-refractivity contribution in [1.29, 1.82) is 5.26 Å². The molecule has 2 N–H and O–H groups in total. The molecule has 0 fully saturated rings. The molecule has 2 aromatic rings. The van der Waals surface area contributed by atoms with Gasteiger partial charge < -0.3 is 9.73 Å². The van der Waals surface area contributed by atoms with Gasteiger partial charge in [-0.15, -0.1) is 0 Å². The number of nitriles is 1. The minimum Gasteiger partial charge on any atom is -0.460 e. The lowest BCUT2D eigenvalue weighted by Gasteiger charge is -2.03. The van der Waals surface area contributed by atoms with Crippen LogP contribution in [-0.4, -0.2) is 18.0 Å². The van der Waals surface area contributed by atoms with E-state index in [1.165, 1.54) is 30.5 Å². The zero-order valence-corrected chi connectivity index (χ0v) is 11.7. The Balaban J connectivity index is 1.87. The van der Waals surface area contributed by atoms with E-state index in [9.17, 15) is 9.59 Å². The molecule has 0 atom stereocenters. The Kier molecular flexibility index (Phi) is 4.67. The van der Waals surface area contributed by atoms with Crippen molar-refractivity contribution in [2.75, 3.05) is 5.32 Å². The molecule has 7 nitrogen and oxygen atoms in total. The van der Waals surface area contributed by atoms with Crippen molar-refractivity contribution in [3.05, 3.63) is 53.5 Å². The molecule has 1 aromatic heterocycles. The summed E-state index contributed by atoms with van der Waals surface area (Å²) in [6.45, 7) is 1.78. The first-order chi connectivity index (χ1) is 10.6. The highest BCUT2D eigenvalue weighted by molar-refractivity contribution is 6.39. The molecule has 1 heterocycles. The number of carbonyl (C=O) groups excluding carboxylic acids is 2. The van der Waals surface area contributed by atoms with Gasteiger partial charge in [0.05, 0.1) is 17.8 Å². The number of benzene rings is 1. The molecule has 7 heteroatoms. The Morgan fingerprint density at radius 2 is 1.91 bits per heavy atom. The smallest absolute Gasteiger partial charge is 0.329 e. The molecular formula is C15H12N4O3. The van der Waals surface area contributed by atoms with Crippen LogP contribution in [-0.2, 0) is 9.59 Å². The van der Waals surface area contributed by atoms with Crippen LogP contribution in [0.25, 0.3) is 0 Å². The number of furan rings is 1. The van der Waals surface area contributed by atoms with Gasteiger partial charge in [0, 0.05) is 5.69 Å². The minimum absolute atomic E-state index is 0.407. The van der Waals surface area contributed by atoms with E-state index in [1.807, 2.05) is 6.07 Å². The first kappa shape index (κ1) is 15.0. The summed E-state index contributed by atoms with van der Waals surface area (Å²) in [7, 11) is 0. The number of nitrogens with zero attached hydrogens (tertiary/aromatic N) is 2. The van der Waals surface area contributed by atoms with Crippen LogP contribution in [0.2, 0.25) is 0 Å². The number of aryl methyl sites for hydroxylation is 1. The van der Waals surface area contributed by atoms with Crippen LogP contribution in [0.15, 0.2) is 45.9 Å². The van der Waals surface area contributed by atoms with Gasteiger partial charge in [0.2, 0.25) is 0 Å². The number of anilines is 1. The van der Waals surface area contributed by atoms with Gasteiger partial charge in [-0.2, -0.15) is 10.4 Å². The normalized spacial score (nSPS) is 10.2. The zero-order chi connectivity index (χ0) is 15.9. The van der Waals surface area contributed by atoms with Gasteiger partial charge in [-0.25, -0.2) is 5.43 Å². The number of amides is 2. The molecule has 2 rings (SSSR count). The first-order valence-corrected chi connectivity index (χ1v) is 6.29. The van der Waals surface area contributed by atoms with Crippen LogP contribution < -0.4 is 10.7 Å². The predicted molar refractivity (Wildman–Crippen MR) is 79.0 cm³/mol. The standard InChI is InChI=1S/C15H12N4O3/c1-10-2-7-13(22-10)9-17-19-15(21)14(20)18-12-5-3-11(8-16)4-6-12/h2-7,9H,1H3,(H,18,20)(H,19,21)/b17-9+. The number of nitrogens with one attached hydrogen (secondary N) is 2. The van der Waals surface area contributed by atoms with Crippen LogP contribution in [0.5, 0.6) is 0 Å². The number of carbonyl (C=O) groups is 2. The average molecular weight is 296 g/mol. The van der Waals surface area contributed by atoms with Crippen LogP contribution in [0, 0.1) is 18.3 Å². The summed E-state index contributed by atoms with van der Waals surface area (Å²) in [4.78, 5) is 23.2. The van der Waals surface area contributed by atoms with E-state index in [-0.39, 0.29) is 0 Å². The summed E-state index contributed by atoms with van der Waals surface area (Å²) in [6.07, 6.45) is 1.29. The molecule has 0 saturated carbocycles. The molecule has 0 bridgehead atoms. The van der Waals surface area contributed by atoms with E-state index in [4.69, 9.17) is 9.68 Å².